The quantitative estimate of drug-likeness (QED) is 0.585. The van der Waals surface area contributed by atoms with Crippen LogP contribution in [0.4, 0.5) is 0 Å². The van der Waals surface area contributed by atoms with Gasteiger partial charge in [-0.1, -0.05) is 19.8 Å². The summed E-state index contributed by atoms with van der Waals surface area (Å²) in [5.41, 5.74) is -0.168. The number of nitrogens with zero attached hydrogens (tertiary/aromatic N) is 2. The Hall–Kier alpha value is -0.550. The predicted molar refractivity (Wildman–Crippen MR) is 61.0 cm³/mol. The van der Waals surface area contributed by atoms with Crippen molar-refractivity contribution in [1.82, 2.24) is 4.90 Å². The fourth-order valence-electron chi connectivity index (χ4n) is 1.27. The molecule has 0 rings (SSSR count). The summed E-state index contributed by atoms with van der Waals surface area (Å²) < 4.78 is 0. The van der Waals surface area contributed by atoms with Gasteiger partial charge in [-0.2, -0.15) is 5.26 Å². The van der Waals surface area contributed by atoms with Crippen LogP contribution in [0.2, 0.25) is 0 Å². The van der Waals surface area contributed by atoms with Crippen LogP contribution in [0.5, 0.6) is 0 Å². The fraction of sp³-hybridized carbons (Fsp3) is 0.917. The van der Waals surface area contributed by atoms with Crippen molar-refractivity contribution in [2.24, 2.45) is 5.41 Å². The molecule has 2 heteroatoms. The Balaban J connectivity index is 3.54. The first-order chi connectivity index (χ1) is 6.52. The third kappa shape index (κ3) is 6.91. The van der Waals surface area contributed by atoms with Gasteiger partial charge in [-0.25, -0.2) is 0 Å². The van der Waals surface area contributed by atoms with Crippen molar-refractivity contribution in [3.05, 3.63) is 0 Å². The lowest BCUT2D eigenvalue weighted by Gasteiger charge is -2.21. The zero-order chi connectivity index (χ0) is 11.0. The molecular weight excluding hydrogens is 172 g/mol. The van der Waals surface area contributed by atoms with Crippen LogP contribution in [0.1, 0.15) is 46.5 Å². The maximum atomic E-state index is 8.85. The Morgan fingerprint density at radius 3 is 2.36 bits per heavy atom. The molecule has 0 amide bonds. The highest BCUT2D eigenvalue weighted by Gasteiger charge is 2.16. The van der Waals surface area contributed by atoms with Gasteiger partial charge in [0.2, 0.25) is 0 Å². The zero-order valence-electron chi connectivity index (χ0n) is 10.1. The fourth-order valence-corrected chi connectivity index (χ4v) is 1.27. The summed E-state index contributed by atoms with van der Waals surface area (Å²) >= 11 is 0. The molecule has 0 aromatic heterocycles. The summed E-state index contributed by atoms with van der Waals surface area (Å²) in [5.74, 6) is 0. The van der Waals surface area contributed by atoms with E-state index in [9.17, 15) is 0 Å². The van der Waals surface area contributed by atoms with Gasteiger partial charge in [0, 0.05) is 0 Å². The van der Waals surface area contributed by atoms with Crippen LogP contribution in [0.25, 0.3) is 0 Å². The molecule has 0 saturated heterocycles. The van der Waals surface area contributed by atoms with Gasteiger partial charge < -0.3 is 4.90 Å². The van der Waals surface area contributed by atoms with Crippen LogP contribution >= 0.6 is 0 Å². The molecule has 14 heavy (non-hydrogen) atoms. The molecule has 2 nitrogen and oxygen atoms in total. The Bertz CT molecular complexity index is 179. The van der Waals surface area contributed by atoms with Crippen LogP contribution in [0, 0.1) is 16.7 Å². The van der Waals surface area contributed by atoms with E-state index in [1.807, 2.05) is 13.8 Å². The lowest BCUT2D eigenvalue weighted by Crippen LogP contribution is -2.25. The summed E-state index contributed by atoms with van der Waals surface area (Å²) in [6.45, 7) is 8.43. The van der Waals surface area contributed by atoms with Gasteiger partial charge in [0.1, 0.15) is 0 Å². The van der Waals surface area contributed by atoms with E-state index in [0.29, 0.717) is 0 Å². The van der Waals surface area contributed by atoms with Gasteiger partial charge in [0.05, 0.1) is 11.5 Å². The zero-order valence-corrected chi connectivity index (χ0v) is 10.1. The topological polar surface area (TPSA) is 27.0 Å². The first-order valence-electron chi connectivity index (χ1n) is 5.61. The van der Waals surface area contributed by atoms with E-state index in [1.165, 1.54) is 19.3 Å². The van der Waals surface area contributed by atoms with Gasteiger partial charge in [0.15, 0.2) is 0 Å². The SMILES string of the molecule is CCCCCN(C)CCC(C)(C)C#N. The molecule has 0 aromatic rings. The van der Waals surface area contributed by atoms with E-state index in [-0.39, 0.29) is 5.41 Å². The number of nitriles is 1. The Morgan fingerprint density at radius 2 is 1.86 bits per heavy atom. The van der Waals surface area contributed by atoms with E-state index in [4.69, 9.17) is 5.26 Å². The van der Waals surface area contributed by atoms with E-state index >= 15 is 0 Å². The molecule has 0 saturated carbocycles. The van der Waals surface area contributed by atoms with E-state index in [2.05, 4.69) is 24.9 Å². The minimum absolute atomic E-state index is 0.168. The number of unbranched alkanes of at least 4 members (excludes halogenated alkanes) is 2. The maximum absolute atomic E-state index is 8.85. The molecule has 0 radical (unpaired) electrons. The van der Waals surface area contributed by atoms with Crippen LogP contribution in [-0.4, -0.2) is 25.0 Å². The normalized spacial score (nSPS) is 11.7. The van der Waals surface area contributed by atoms with Gasteiger partial charge >= 0.3 is 0 Å². The second kappa shape index (κ2) is 6.84. The number of hydrogen-bond donors (Lipinski definition) is 0. The largest absolute Gasteiger partial charge is 0.306 e. The third-order valence-electron chi connectivity index (χ3n) is 2.56. The smallest absolute Gasteiger partial charge is 0.0684 e. The molecule has 0 aliphatic heterocycles. The van der Waals surface area contributed by atoms with Crippen molar-refractivity contribution >= 4 is 0 Å². The van der Waals surface area contributed by atoms with Crippen molar-refractivity contribution in [1.29, 1.82) is 5.26 Å². The summed E-state index contributed by atoms with van der Waals surface area (Å²) in [5, 5.41) is 8.85. The minimum Gasteiger partial charge on any atom is -0.306 e. The van der Waals surface area contributed by atoms with Crippen molar-refractivity contribution in [2.75, 3.05) is 20.1 Å². The lowest BCUT2D eigenvalue weighted by molar-refractivity contribution is 0.281. The van der Waals surface area contributed by atoms with Crippen LogP contribution < -0.4 is 0 Å². The molecular formula is C12H24N2. The molecule has 0 atom stereocenters. The number of rotatable bonds is 7. The molecule has 0 aliphatic carbocycles. The van der Waals surface area contributed by atoms with Crippen molar-refractivity contribution in [2.45, 2.75) is 46.5 Å². The van der Waals surface area contributed by atoms with Crippen LogP contribution in [0.15, 0.2) is 0 Å². The van der Waals surface area contributed by atoms with Crippen molar-refractivity contribution < 1.29 is 0 Å². The second-order valence-corrected chi connectivity index (χ2v) is 4.76. The van der Waals surface area contributed by atoms with Crippen LogP contribution in [0.3, 0.4) is 0 Å². The highest BCUT2D eigenvalue weighted by Crippen LogP contribution is 2.18. The van der Waals surface area contributed by atoms with E-state index < -0.39 is 0 Å². The van der Waals surface area contributed by atoms with Crippen LogP contribution in [-0.2, 0) is 0 Å². The molecule has 0 N–H and O–H groups in total. The van der Waals surface area contributed by atoms with Gasteiger partial charge in [-0.3, -0.25) is 0 Å². The first kappa shape index (κ1) is 13.4. The molecule has 0 spiro atoms. The predicted octanol–water partition coefficient (Wildman–Crippen LogP) is 3.05. The average Bonchev–Trinajstić information content (AvgIpc) is 2.16. The first-order valence-corrected chi connectivity index (χ1v) is 5.61. The lowest BCUT2D eigenvalue weighted by atomic mass is 9.91. The van der Waals surface area contributed by atoms with Gasteiger partial charge in [0.25, 0.3) is 0 Å². The Kier molecular flexibility index (Phi) is 6.57. The van der Waals surface area contributed by atoms with Gasteiger partial charge in [-0.15, -0.1) is 0 Å². The second-order valence-electron chi connectivity index (χ2n) is 4.76. The highest BCUT2D eigenvalue weighted by molar-refractivity contribution is 4.91. The summed E-state index contributed by atoms with van der Waals surface area (Å²) in [7, 11) is 2.14. The maximum Gasteiger partial charge on any atom is 0.0684 e. The molecule has 82 valence electrons. The standard InChI is InChI=1S/C12H24N2/c1-5-6-7-9-14(4)10-8-12(2,3)11-13/h5-10H2,1-4H3. The third-order valence-corrected chi connectivity index (χ3v) is 2.56. The van der Waals surface area contributed by atoms with Crippen molar-refractivity contribution in [3.8, 4) is 6.07 Å². The number of hydrogen-bond acceptors (Lipinski definition) is 2. The summed E-state index contributed by atoms with van der Waals surface area (Å²) in [6, 6.07) is 2.34. The average molecular weight is 196 g/mol. The molecule has 0 aromatic carbocycles. The highest BCUT2D eigenvalue weighted by atomic mass is 15.1. The van der Waals surface area contributed by atoms with E-state index in [0.717, 1.165) is 19.5 Å². The summed E-state index contributed by atoms with van der Waals surface area (Å²) in [6.07, 6.45) is 4.83. The molecule has 0 unspecified atom stereocenters. The van der Waals surface area contributed by atoms with Gasteiger partial charge in [-0.05, 0) is 46.8 Å². The molecule has 0 heterocycles. The molecule has 0 bridgehead atoms. The minimum atomic E-state index is -0.168. The monoisotopic (exact) mass is 196 g/mol. The molecule has 0 fully saturated rings. The van der Waals surface area contributed by atoms with E-state index in [1.54, 1.807) is 0 Å². The van der Waals surface area contributed by atoms with Crippen molar-refractivity contribution in [3.63, 3.8) is 0 Å². The Labute approximate surface area is 88.9 Å². The Morgan fingerprint density at radius 1 is 1.21 bits per heavy atom. The molecule has 0 aliphatic rings. The summed E-state index contributed by atoms with van der Waals surface area (Å²) in [4.78, 5) is 2.33.